The molecule has 156 valence electrons. The van der Waals surface area contributed by atoms with Crippen molar-refractivity contribution < 1.29 is 9.59 Å². The van der Waals surface area contributed by atoms with E-state index in [-0.39, 0.29) is 11.8 Å². The molecule has 1 aliphatic heterocycles. The number of nitrogens with one attached hydrogen (secondary N) is 1. The molecule has 1 N–H and O–H groups in total. The molecule has 2 aliphatic rings. The maximum absolute atomic E-state index is 12.7. The number of azo groups is 1. The van der Waals surface area contributed by atoms with Crippen molar-refractivity contribution in [1.29, 1.82) is 0 Å². The summed E-state index contributed by atoms with van der Waals surface area (Å²) in [5.41, 5.74) is 5.33. The first kappa shape index (κ1) is 19.6. The quantitative estimate of drug-likeness (QED) is 0.651. The van der Waals surface area contributed by atoms with Crippen molar-refractivity contribution in [2.24, 2.45) is 16.1 Å². The number of hydrogen-bond acceptors (Lipinski definition) is 4. The summed E-state index contributed by atoms with van der Waals surface area (Å²) in [6.45, 7) is 2.02. The Morgan fingerprint density at radius 3 is 2.72 bits per heavy atom. The number of hydrogen-bond donors (Lipinski definition) is 1. The van der Waals surface area contributed by atoms with E-state index in [9.17, 15) is 9.59 Å². The van der Waals surface area contributed by atoms with Gasteiger partial charge in [0.15, 0.2) is 0 Å². The van der Waals surface area contributed by atoms with E-state index in [2.05, 4.69) is 20.5 Å². The molecule has 2 heterocycles. The number of nitrogens with zero attached hydrogens (tertiary/aromatic N) is 4. The first-order chi connectivity index (χ1) is 15.6. The third kappa shape index (κ3) is 3.72. The van der Waals surface area contributed by atoms with E-state index in [4.69, 9.17) is 0 Å². The zero-order chi connectivity index (χ0) is 22.1. The maximum Gasteiger partial charge on any atom is 0.276 e. The molecule has 0 spiro atoms. The summed E-state index contributed by atoms with van der Waals surface area (Å²) in [7, 11) is 0. The number of anilines is 1. The van der Waals surface area contributed by atoms with Crippen molar-refractivity contribution in [3.63, 3.8) is 0 Å². The number of benzene rings is 2. The normalized spacial score (nSPS) is 16.9. The number of aryl methyl sites for hydroxylation is 1. The van der Waals surface area contributed by atoms with Crippen molar-refractivity contribution in [2.45, 2.75) is 6.92 Å². The molecule has 0 fully saturated rings. The third-order valence-corrected chi connectivity index (χ3v) is 5.34. The van der Waals surface area contributed by atoms with Gasteiger partial charge in [0.05, 0.1) is 11.6 Å². The Balaban J connectivity index is 1.33. The lowest BCUT2D eigenvalue weighted by Crippen LogP contribution is -2.17. The van der Waals surface area contributed by atoms with Crippen molar-refractivity contribution >= 4 is 23.2 Å². The standard InChI is InChI=1S/C25H19N5O2/c1-16-5-4-6-19(13-16)30-14-22(26-15-30)25(32)27-18-11-9-17(10-12-18)23-20-7-2-3-8-21(20)24(31)29-28-23/h2-15,21H,1H3,(H,27,32). The molecule has 1 atom stereocenters. The molecule has 5 rings (SSSR count). The van der Waals surface area contributed by atoms with Gasteiger partial charge in [-0.05, 0) is 42.3 Å². The Morgan fingerprint density at radius 2 is 1.91 bits per heavy atom. The van der Waals surface area contributed by atoms with Gasteiger partial charge in [0, 0.05) is 23.1 Å². The van der Waals surface area contributed by atoms with Gasteiger partial charge in [0.25, 0.3) is 11.8 Å². The smallest absolute Gasteiger partial charge is 0.276 e. The monoisotopic (exact) mass is 421 g/mol. The summed E-state index contributed by atoms with van der Waals surface area (Å²) in [4.78, 5) is 28.9. The number of imidazole rings is 1. The maximum atomic E-state index is 12.7. The van der Waals surface area contributed by atoms with Crippen LogP contribution < -0.4 is 5.32 Å². The highest BCUT2D eigenvalue weighted by Gasteiger charge is 2.27. The average Bonchev–Trinajstić information content (AvgIpc) is 3.31. The second kappa shape index (κ2) is 8.03. The molecule has 1 aromatic heterocycles. The van der Waals surface area contributed by atoms with E-state index in [1.54, 1.807) is 24.7 Å². The lowest BCUT2D eigenvalue weighted by atomic mass is 9.89. The topological polar surface area (TPSA) is 88.7 Å². The van der Waals surface area contributed by atoms with Gasteiger partial charge in [-0.15, -0.1) is 10.2 Å². The number of rotatable bonds is 4. The first-order valence-corrected chi connectivity index (χ1v) is 10.2. The number of amides is 2. The minimum Gasteiger partial charge on any atom is -0.321 e. The first-order valence-electron chi connectivity index (χ1n) is 10.2. The van der Waals surface area contributed by atoms with Crippen LogP contribution in [0.4, 0.5) is 5.69 Å². The lowest BCUT2D eigenvalue weighted by Gasteiger charge is -2.19. The Bertz CT molecular complexity index is 1340. The molecule has 1 unspecified atom stereocenters. The summed E-state index contributed by atoms with van der Waals surface area (Å²) in [6.07, 6.45) is 10.7. The van der Waals surface area contributed by atoms with Gasteiger partial charge < -0.3 is 9.88 Å². The van der Waals surface area contributed by atoms with Gasteiger partial charge in [0.2, 0.25) is 0 Å². The highest BCUT2D eigenvalue weighted by atomic mass is 16.2. The fraction of sp³-hybridized carbons (Fsp3) is 0.0800. The van der Waals surface area contributed by atoms with Crippen molar-refractivity contribution in [3.8, 4) is 5.69 Å². The third-order valence-electron chi connectivity index (χ3n) is 5.34. The molecule has 0 bridgehead atoms. The number of fused-ring (bicyclic) bond motifs is 1. The van der Waals surface area contributed by atoms with E-state index in [1.807, 2.05) is 72.2 Å². The molecule has 32 heavy (non-hydrogen) atoms. The van der Waals surface area contributed by atoms with Crippen molar-refractivity contribution in [2.75, 3.05) is 5.32 Å². The zero-order valence-electron chi connectivity index (χ0n) is 17.3. The van der Waals surface area contributed by atoms with E-state index in [1.165, 1.54) is 0 Å². The van der Waals surface area contributed by atoms with Gasteiger partial charge in [-0.25, -0.2) is 4.98 Å². The molecule has 7 heteroatoms. The van der Waals surface area contributed by atoms with E-state index < -0.39 is 5.92 Å². The number of carbonyl (C=O) groups is 2. The largest absolute Gasteiger partial charge is 0.321 e. The van der Waals surface area contributed by atoms with Crippen molar-refractivity contribution in [1.82, 2.24) is 9.55 Å². The molecule has 0 radical (unpaired) electrons. The molecular formula is C25H19N5O2. The minimum absolute atomic E-state index is 0.265. The van der Waals surface area contributed by atoms with E-state index >= 15 is 0 Å². The zero-order valence-corrected chi connectivity index (χ0v) is 17.3. The van der Waals surface area contributed by atoms with E-state index in [0.717, 1.165) is 22.4 Å². The molecule has 2 aromatic carbocycles. The predicted molar refractivity (Wildman–Crippen MR) is 121 cm³/mol. The van der Waals surface area contributed by atoms with Crippen LogP contribution in [0.2, 0.25) is 0 Å². The van der Waals surface area contributed by atoms with Crippen LogP contribution >= 0.6 is 0 Å². The fourth-order valence-corrected chi connectivity index (χ4v) is 3.70. The van der Waals surface area contributed by atoms with Gasteiger partial charge in [-0.3, -0.25) is 9.59 Å². The summed E-state index contributed by atoms with van der Waals surface area (Å²) < 4.78 is 1.82. The molecule has 0 saturated heterocycles. The van der Waals surface area contributed by atoms with Gasteiger partial charge >= 0.3 is 0 Å². The van der Waals surface area contributed by atoms with Crippen LogP contribution in [0.1, 0.15) is 21.6 Å². The molecular weight excluding hydrogens is 402 g/mol. The molecule has 0 saturated carbocycles. The summed E-state index contributed by atoms with van der Waals surface area (Å²) in [5, 5.41) is 10.8. The van der Waals surface area contributed by atoms with Crippen LogP contribution in [0.15, 0.2) is 101 Å². The molecule has 7 nitrogen and oxygen atoms in total. The molecule has 1 aliphatic carbocycles. The summed E-state index contributed by atoms with van der Waals surface area (Å²) in [5.74, 6) is -0.955. The molecule has 2 amide bonds. The van der Waals surface area contributed by atoms with Gasteiger partial charge in [0.1, 0.15) is 12.0 Å². The van der Waals surface area contributed by atoms with E-state index in [0.29, 0.717) is 17.1 Å². The van der Waals surface area contributed by atoms with Crippen molar-refractivity contribution in [3.05, 3.63) is 108 Å². The highest BCUT2D eigenvalue weighted by Crippen LogP contribution is 2.34. The summed E-state index contributed by atoms with van der Waals surface area (Å²) in [6, 6.07) is 15.2. The second-order valence-electron chi connectivity index (χ2n) is 7.60. The van der Waals surface area contributed by atoms with Gasteiger partial charge in [-0.2, -0.15) is 0 Å². The Kier molecular flexibility index (Phi) is 4.91. The van der Waals surface area contributed by atoms with Crippen LogP contribution in [-0.4, -0.2) is 21.4 Å². The minimum atomic E-state index is -0.393. The summed E-state index contributed by atoms with van der Waals surface area (Å²) >= 11 is 0. The SMILES string of the molecule is Cc1cccc(-n2cnc(C(=O)Nc3ccc(C4=C5C=CC=CC5C(=O)N=N4)cc3)c2)c1. The van der Waals surface area contributed by atoms with Crippen LogP contribution in [-0.2, 0) is 4.79 Å². The fourth-order valence-electron chi connectivity index (χ4n) is 3.70. The van der Waals surface area contributed by atoms with Crippen LogP contribution in [0.25, 0.3) is 11.4 Å². The van der Waals surface area contributed by atoms with Crippen LogP contribution in [0.3, 0.4) is 0 Å². The Hall–Kier alpha value is -4.39. The van der Waals surface area contributed by atoms with Crippen LogP contribution in [0, 0.1) is 12.8 Å². The lowest BCUT2D eigenvalue weighted by molar-refractivity contribution is -0.119. The van der Waals surface area contributed by atoms with Gasteiger partial charge in [-0.1, -0.05) is 48.6 Å². The number of carbonyl (C=O) groups excluding carboxylic acids is 2. The second-order valence-corrected chi connectivity index (χ2v) is 7.60. The molecule has 3 aromatic rings. The van der Waals surface area contributed by atoms with Crippen LogP contribution in [0.5, 0.6) is 0 Å². The Morgan fingerprint density at radius 1 is 1.06 bits per heavy atom. The Labute approximate surface area is 184 Å². The predicted octanol–water partition coefficient (Wildman–Crippen LogP) is 4.88. The number of allylic oxidation sites excluding steroid dienone is 3. The number of aromatic nitrogens is 2. The average molecular weight is 421 g/mol. The highest BCUT2D eigenvalue weighted by molar-refractivity contribution is 6.03.